The first kappa shape index (κ1) is 37.9. The van der Waals surface area contributed by atoms with E-state index in [0.29, 0.717) is 27.1 Å². The summed E-state index contributed by atoms with van der Waals surface area (Å²) in [5.41, 5.74) is 2.63. The summed E-state index contributed by atoms with van der Waals surface area (Å²) in [6.07, 6.45) is 3.96. The maximum absolute atomic E-state index is 14.9. The fourth-order valence-electron chi connectivity index (χ4n) is 6.43. The predicted octanol–water partition coefficient (Wildman–Crippen LogP) is 8.99. The van der Waals surface area contributed by atoms with Crippen LogP contribution in [0, 0.1) is 6.92 Å². The Labute approximate surface area is 321 Å². The van der Waals surface area contributed by atoms with Crippen LogP contribution in [-0.4, -0.2) is 43.8 Å². The SMILES string of the molecule is Cc1ccc(S(=O)(=O)N(CC(=O)N(Cc2ccc(Cl)c(Cl)c2)[C@H](Cc2ccccc2)C(=O)NC2CCCC2)c2ccc(Oc3ccccc3)cc2)cc1. The number of hydrogen-bond acceptors (Lipinski definition) is 5. The first-order valence-electron chi connectivity index (χ1n) is 17.6. The Morgan fingerprint density at radius 2 is 1.40 bits per heavy atom. The normalized spacial score (nSPS) is 13.6. The Morgan fingerprint density at radius 3 is 2.04 bits per heavy atom. The molecule has 5 aromatic rings. The molecule has 1 atom stereocenters. The topological polar surface area (TPSA) is 96.0 Å². The highest BCUT2D eigenvalue weighted by Gasteiger charge is 2.35. The van der Waals surface area contributed by atoms with Crippen molar-refractivity contribution in [3.63, 3.8) is 0 Å². The average Bonchev–Trinajstić information content (AvgIpc) is 3.68. The number of ether oxygens (including phenoxy) is 1. The number of carbonyl (C=O) groups excluding carboxylic acids is 2. The van der Waals surface area contributed by atoms with Gasteiger partial charge in [0.05, 0.1) is 20.6 Å². The number of aryl methyl sites for hydroxylation is 1. The number of benzene rings is 5. The largest absolute Gasteiger partial charge is 0.457 e. The molecule has 1 saturated carbocycles. The number of para-hydroxylation sites is 1. The van der Waals surface area contributed by atoms with Gasteiger partial charge in [-0.05, 0) is 91.6 Å². The molecule has 11 heteroatoms. The monoisotopic (exact) mass is 769 g/mol. The van der Waals surface area contributed by atoms with E-state index in [4.69, 9.17) is 27.9 Å². The molecule has 53 heavy (non-hydrogen) atoms. The number of nitrogens with zero attached hydrogens (tertiary/aromatic N) is 2. The second-order valence-corrected chi connectivity index (χ2v) is 15.9. The third-order valence-electron chi connectivity index (χ3n) is 9.30. The van der Waals surface area contributed by atoms with Crippen LogP contribution in [0.4, 0.5) is 5.69 Å². The Morgan fingerprint density at radius 1 is 0.774 bits per heavy atom. The second-order valence-electron chi connectivity index (χ2n) is 13.2. The Kier molecular flexibility index (Phi) is 12.4. The molecule has 2 amide bonds. The Balaban J connectivity index is 1.39. The molecule has 1 fully saturated rings. The van der Waals surface area contributed by atoms with Crippen LogP contribution in [0.5, 0.6) is 11.5 Å². The highest BCUT2D eigenvalue weighted by atomic mass is 35.5. The molecule has 0 radical (unpaired) electrons. The summed E-state index contributed by atoms with van der Waals surface area (Å²) in [6, 6.07) is 35.8. The van der Waals surface area contributed by atoms with Crippen molar-refractivity contribution in [2.75, 3.05) is 10.8 Å². The number of carbonyl (C=O) groups is 2. The van der Waals surface area contributed by atoms with Crippen LogP contribution in [0.1, 0.15) is 42.4 Å². The average molecular weight is 771 g/mol. The van der Waals surface area contributed by atoms with Crippen LogP contribution in [0.15, 0.2) is 132 Å². The zero-order valence-electron chi connectivity index (χ0n) is 29.3. The summed E-state index contributed by atoms with van der Waals surface area (Å²) in [5, 5.41) is 3.84. The van der Waals surface area contributed by atoms with E-state index in [9.17, 15) is 18.0 Å². The molecule has 0 aliphatic heterocycles. The lowest BCUT2D eigenvalue weighted by Gasteiger charge is -2.34. The van der Waals surface area contributed by atoms with Crippen LogP contribution in [-0.2, 0) is 32.6 Å². The molecule has 1 aliphatic rings. The number of amides is 2. The van der Waals surface area contributed by atoms with E-state index in [2.05, 4.69) is 5.32 Å². The van der Waals surface area contributed by atoms with Gasteiger partial charge >= 0.3 is 0 Å². The molecule has 1 N–H and O–H groups in total. The number of anilines is 1. The van der Waals surface area contributed by atoms with Crippen LogP contribution < -0.4 is 14.4 Å². The van der Waals surface area contributed by atoms with E-state index < -0.39 is 28.5 Å². The summed E-state index contributed by atoms with van der Waals surface area (Å²) in [5.74, 6) is 0.243. The van der Waals surface area contributed by atoms with E-state index in [1.165, 1.54) is 17.0 Å². The van der Waals surface area contributed by atoms with Crippen LogP contribution in [0.25, 0.3) is 0 Å². The van der Waals surface area contributed by atoms with Gasteiger partial charge < -0.3 is 15.0 Å². The fourth-order valence-corrected chi connectivity index (χ4v) is 8.16. The maximum atomic E-state index is 14.9. The molecule has 0 aromatic heterocycles. The second kappa shape index (κ2) is 17.3. The van der Waals surface area contributed by atoms with Gasteiger partial charge in [-0.3, -0.25) is 13.9 Å². The number of sulfonamides is 1. The van der Waals surface area contributed by atoms with Crippen LogP contribution in [0.3, 0.4) is 0 Å². The van der Waals surface area contributed by atoms with E-state index in [1.54, 1.807) is 54.6 Å². The van der Waals surface area contributed by atoms with Crippen molar-refractivity contribution in [1.82, 2.24) is 10.2 Å². The lowest BCUT2D eigenvalue weighted by atomic mass is 10.0. The summed E-state index contributed by atoms with van der Waals surface area (Å²) in [7, 11) is -4.27. The minimum absolute atomic E-state index is 0.00210. The van der Waals surface area contributed by atoms with Crippen LogP contribution >= 0.6 is 23.2 Å². The van der Waals surface area contributed by atoms with Crippen molar-refractivity contribution in [3.05, 3.63) is 154 Å². The van der Waals surface area contributed by atoms with Gasteiger partial charge in [0.15, 0.2) is 0 Å². The van der Waals surface area contributed by atoms with Gasteiger partial charge in [-0.25, -0.2) is 8.42 Å². The van der Waals surface area contributed by atoms with Crippen molar-refractivity contribution in [2.45, 2.75) is 62.6 Å². The van der Waals surface area contributed by atoms with Gasteiger partial charge in [0, 0.05) is 19.0 Å². The van der Waals surface area contributed by atoms with Crippen LogP contribution in [0.2, 0.25) is 10.0 Å². The van der Waals surface area contributed by atoms with Gasteiger partial charge in [0.25, 0.3) is 10.0 Å². The first-order chi connectivity index (χ1) is 25.6. The Hall–Kier alpha value is -4.83. The van der Waals surface area contributed by atoms with E-state index in [1.807, 2.05) is 67.6 Å². The van der Waals surface area contributed by atoms with E-state index in [0.717, 1.165) is 41.1 Å². The third-order valence-corrected chi connectivity index (χ3v) is 11.8. The van der Waals surface area contributed by atoms with E-state index >= 15 is 0 Å². The minimum Gasteiger partial charge on any atom is -0.457 e. The van der Waals surface area contributed by atoms with Gasteiger partial charge in [0.2, 0.25) is 11.8 Å². The van der Waals surface area contributed by atoms with Crippen molar-refractivity contribution in [2.24, 2.45) is 0 Å². The summed E-state index contributed by atoms with van der Waals surface area (Å²) in [4.78, 5) is 30.6. The van der Waals surface area contributed by atoms with Crippen molar-refractivity contribution in [1.29, 1.82) is 0 Å². The first-order valence-corrected chi connectivity index (χ1v) is 19.8. The highest BCUT2D eigenvalue weighted by Crippen LogP contribution is 2.30. The molecule has 0 heterocycles. The Bertz CT molecular complexity index is 2110. The molecule has 1 aliphatic carbocycles. The molecular weight excluding hydrogens is 729 g/mol. The lowest BCUT2D eigenvalue weighted by molar-refractivity contribution is -0.140. The number of halogens is 2. The molecule has 8 nitrogen and oxygen atoms in total. The summed E-state index contributed by atoms with van der Waals surface area (Å²) in [6.45, 7) is 1.26. The van der Waals surface area contributed by atoms with Gasteiger partial charge in [0.1, 0.15) is 24.1 Å². The zero-order valence-corrected chi connectivity index (χ0v) is 31.7. The molecular formula is C42H41Cl2N3O5S. The smallest absolute Gasteiger partial charge is 0.264 e. The highest BCUT2D eigenvalue weighted by molar-refractivity contribution is 7.92. The van der Waals surface area contributed by atoms with E-state index in [-0.39, 0.29) is 35.5 Å². The number of rotatable bonds is 14. The molecule has 6 rings (SSSR count). The van der Waals surface area contributed by atoms with Crippen molar-refractivity contribution in [3.8, 4) is 11.5 Å². The summed E-state index contributed by atoms with van der Waals surface area (Å²) < 4.78 is 36.0. The maximum Gasteiger partial charge on any atom is 0.264 e. The van der Waals surface area contributed by atoms with Crippen molar-refractivity contribution < 1.29 is 22.7 Å². The molecule has 5 aromatic carbocycles. The minimum atomic E-state index is -4.27. The quantitative estimate of drug-likeness (QED) is 0.122. The fraction of sp³-hybridized carbons (Fsp3) is 0.238. The van der Waals surface area contributed by atoms with Gasteiger partial charge in [-0.1, -0.05) is 108 Å². The predicted molar refractivity (Wildman–Crippen MR) is 210 cm³/mol. The molecule has 0 unspecified atom stereocenters. The lowest BCUT2D eigenvalue weighted by Crippen LogP contribution is -2.54. The van der Waals surface area contributed by atoms with Gasteiger partial charge in [-0.2, -0.15) is 0 Å². The van der Waals surface area contributed by atoms with Gasteiger partial charge in [-0.15, -0.1) is 0 Å². The number of hydrogen-bond donors (Lipinski definition) is 1. The number of nitrogens with one attached hydrogen (secondary N) is 1. The molecule has 0 saturated heterocycles. The third kappa shape index (κ3) is 9.79. The van der Waals surface area contributed by atoms with Crippen molar-refractivity contribution >= 4 is 50.7 Å². The molecule has 0 bridgehead atoms. The molecule has 0 spiro atoms. The summed E-state index contributed by atoms with van der Waals surface area (Å²) >= 11 is 12.7. The standard InChI is InChI=1S/C42H41Cl2N3O5S/c1-30-16-23-37(24-17-30)53(50,51)47(34-19-21-36(22-20-34)52-35-14-6-3-7-15-35)29-41(48)46(28-32-18-25-38(43)39(44)26-32)40(27-31-10-4-2-5-11-31)42(49)45-33-12-8-9-13-33/h2-7,10-11,14-26,33,40H,8-9,12-13,27-29H2,1H3,(H,45,49)/t40-/m1/s1. The zero-order chi connectivity index (χ0) is 37.4. The molecule has 274 valence electrons.